The molecule has 1 saturated carbocycles. The quantitative estimate of drug-likeness (QED) is 0.788. The fourth-order valence-electron chi connectivity index (χ4n) is 2.32. The van der Waals surface area contributed by atoms with Gasteiger partial charge in [-0.3, -0.25) is 9.69 Å². The molecule has 0 atom stereocenters. The highest BCUT2D eigenvalue weighted by atomic mass is 16.3. The van der Waals surface area contributed by atoms with Crippen LogP contribution in [0.3, 0.4) is 0 Å². The Labute approximate surface area is 114 Å². The second-order valence-electron chi connectivity index (χ2n) is 5.05. The molecule has 0 saturated heterocycles. The van der Waals surface area contributed by atoms with E-state index in [0.29, 0.717) is 12.6 Å². The predicted molar refractivity (Wildman–Crippen MR) is 76.0 cm³/mol. The lowest BCUT2D eigenvalue weighted by Gasteiger charge is -2.37. The molecule has 1 aromatic rings. The molecule has 0 heterocycles. The maximum absolute atomic E-state index is 12.0. The number of nitrogens with zero attached hydrogens (tertiary/aromatic N) is 1. The molecular formula is C15H22N2O2. The van der Waals surface area contributed by atoms with Crippen molar-refractivity contribution in [1.29, 1.82) is 0 Å². The van der Waals surface area contributed by atoms with Gasteiger partial charge in [0, 0.05) is 24.9 Å². The van der Waals surface area contributed by atoms with Gasteiger partial charge in [0.25, 0.3) is 0 Å². The van der Waals surface area contributed by atoms with Gasteiger partial charge in [-0.15, -0.1) is 0 Å². The Morgan fingerprint density at radius 2 is 2.05 bits per heavy atom. The standard InChI is InChI=1S/C15H22N2O2/c18-11-5-10-17(14-8-4-9-14)12-15(19)16-13-6-2-1-3-7-13/h1-3,6-7,14,18H,4-5,8-12H2,(H,16,19). The van der Waals surface area contributed by atoms with Crippen molar-refractivity contribution in [3.63, 3.8) is 0 Å². The van der Waals surface area contributed by atoms with E-state index < -0.39 is 0 Å². The van der Waals surface area contributed by atoms with Gasteiger partial charge in [0.05, 0.1) is 6.54 Å². The van der Waals surface area contributed by atoms with Crippen LogP contribution in [0.4, 0.5) is 5.69 Å². The molecule has 1 aliphatic rings. The van der Waals surface area contributed by atoms with Crippen LogP contribution >= 0.6 is 0 Å². The van der Waals surface area contributed by atoms with Gasteiger partial charge >= 0.3 is 0 Å². The highest BCUT2D eigenvalue weighted by molar-refractivity contribution is 5.92. The molecule has 0 spiro atoms. The van der Waals surface area contributed by atoms with Crippen molar-refractivity contribution < 1.29 is 9.90 Å². The minimum atomic E-state index is 0.0241. The molecule has 2 N–H and O–H groups in total. The van der Waals surface area contributed by atoms with Crippen LogP contribution in [0.2, 0.25) is 0 Å². The number of hydrogen-bond acceptors (Lipinski definition) is 3. The number of rotatable bonds is 7. The van der Waals surface area contributed by atoms with E-state index in [4.69, 9.17) is 5.11 Å². The fourth-order valence-corrected chi connectivity index (χ4v) is 2.32. The molecule has 1 aromatic carbocycles. The van der Waals surface area contributed by atoms with E-state index in [-0.39, 0.29) is 12.5 Å². The zero-order valence-electron chi connectivity index (χ0n) is 11.2. The van der Waals surface area contributed by atoms with Crippen molar-refractivity contribution in [2.75, 3.05) is 25.0 Å². The molecule has 1 aliphatic carbocycles. The SMILES string of the molecule is O=C(CN(CCCO)C1CCC1)Nc1ccccc1. The van der Waals surface area contributed by atoms with Crippen LogP contribution in [-0.4, -0.2) is 41.7 Å². The first kappa shape index (κ1) is 14.0. The Balaban J connectivity index is 1.83. The maximum atomic E-state index is 12.0. The minimum Gasteiger partial charge on any atom is -0.396 e. The van der Waals surface area contributed by atoms with Crippen molar-refractivity contribution in [3.05, 3.63) is 30.3 Å². The highest BCUT2D eigenvalue weighted by Gasteiger charge is 2.25. The summed E-state index contributed by atoms with van der Waals surface area (Å²) < 4.78 is 0. The van der Waals surface area contributed by atoms with E-state index in [1.165, 1.54) is 19.3 Å². The number of benzene rings is 1. The second-order valence-corrected chi connectivity index (χ2v) is 5.05. The first-order chi connectivity index (χ1) is 9.29. The van der Waals surface area contributed by atoms with Gasteiger partial charge in [0.15, 0.2) is 0 Å². The molecule has 4 heteroatoms. The first-order valence-electron chi connectivity index (χ1n) is 6.99. The van der Waals surface area contributed by atoms with Crippen LogP contribution in [-0.2, 0) is 4.79 Å². The molecule has 0 radical (unpaired) electrons. The Hall–Kier alpha value is -1.39. The second kappa shape index (κ2) is 7.26. The summed E-state index contributed by atoms with van der Waals surface area (Å²) in [5.41, 5.74) is 0.836. The summed E-state index contributed by atoms with van der Waals surface area (Å²) in [6, 6.07) is 10.0. The summed E-state index contributed by atoms with van der Waals surface area (Å²) in [6.45, 7) is 1.40. The number of carbonyl (C=O) groups is 1. The molecule has 19 heavy (non-hydrogen) atoms. The van der Waals surface area contributed by atoms with Crippen molar-refractivity contribution in [3.8, 4) is 0 Å². The molecule has 104 valence electrons. The van der Waals surface area contributed by atoms with Crippen LogP contribution in [0.15, 0.2) is 30.3 Å². The molecule has 0 aromatic heterocycles. The van der Waals surface area contributed by atoms with Gasteiger partial charge in [-0.1, -0.05) is 24.6 Å². The summed E-state index contributed by atoms with van der Waals surface area (Å²) in [7, 11) is 0. The number of hydrogen-bond donors (Lipinski definition) is 2. The highest BCUT2D eigenvalue weighted by Crippen LogP contribution is 2.24. The first-order valence-corrected chi connectivity index (χ1v) is 6.99. The van der Waals surface area contributed by atoms with Crippen LogP contribution in [0.25, 0.3) is 0 Å². The zero-order valence-corrected chi connectivity index (χ0v) is 11.2. The number of amides is 1. The van der Waals surface area contributed by atoms with Gasteiger partial charge in [-0.25, -0.2) is 0 Å². The number of para-hydroxylation sites is 1. The van der Waals surface area contributed by atoms with E-state index in [2.05, 4.69) is 10.2 Å². The van der Waals surface area contributed by atoms with Crippen LogP contribution < -0.4 is 5.32 Å². The molecule has 0 aliphatic heterocycles. The molecule has 1 amide bonds. The van der Waals surface area contributed by atoms with E-state index in [9.17, 15) is 4.79 Å². The van der Waals surface area contributed by atoms with E-state index in [1.807, 2.05) is 30.3 Å². The molecule has 0 bridgehead atoms. The average Bonchev–Trinajstić information content (AvgIpc) is 2.35. The lowest BCUT2D eigenvalue weighted by Crippen LogP contribution is -2.45. The van der Waals surface area contributed by atoms with Crippen LogP contribution in [0, 0.1) is 0 Å². The largest absolute Gasteiger partial charge is 0.396 e. The van der Waals surface area contributed by atoms with Gasteiger partial charge in [-0.2, -0.15) is 0 Å². The van der Waals surface area contributed by atoms with Crippen molar-refractivity contribution in [2.45, 2.75) is 31.7 Å². The summed E-state index contributed by atoms with van der Waals surface area (Å²) in [4.78, 5) is 14.2. The number of carbonyl (C=O) groups excluding carboxylic acids is 1. The fraction of sp³-hybridized carbons (Fsp3) is 0.533. The molecule has 2 rings (SSSR count). The normalized spacial score (nSPS) is 15.3. The Bertz CT molecular complexity index is 390. The van der Waals surface area contributed by atoms with E-state index >= 15 is 0 Å². The lowest BCUT2D eigenvalue weighted by atomic mass is 9.91. The summed E-state index contributed by atoms with van der Waals surface area (Å²) in [6.07, 6.45) is 4.32. The van der Waals surface area contributed by atoms with Crippen molar-refractivity contribution >= 4 is 11.6 Å². The average molecular weight is 262 g/mol. The predicted octanol–water partition coefficient (Wildman–Crippen LogP) is 1.86. The minimum absolute atomic E-state index is 0.0241. The number of aliphatic hydroxyl groups excluding tert-OH is 1. The summed E-state index contributed by atoms with van der Waals surface area (Å²) in [5, 5.41) is 11.8. The van der Waals surface area contributed by atoms with Gasteiger partial charge in [-0.05, 0) is 31.4 Å². The third-order valence-corrected chi connectivity index (χ3v) is 3.60. The summed E-state index contributed by atoms with van der Waals surface area (Å²) >= 11 is 0. The summed E-state index contributed by atoms with van der Waals surface area (Å²) in [5.74, 6) is 0.0241. The van der Waals surface area contributed by atoms with Gasteiger partial charge in [0.2, 0.25) is 5.91 Å². The van der Waals surface area contributed by atoms with Crippen LogP contribution in [0.5, 0.6) is 0 Å². The van der Waals surface area contributed by atoms with Crippen molar-refractivity contribution in [1.82, 2.24) is 4.90 Å². The molecular weight excluding hydrogens is 240 g/mol. The van der Waals surface area contributed by atoms with Gasteiger partial charge in [0.1, 0.15) is 0 Å². The van der Waals surface area contributed by atoms with Crippen LogP contribution in [0.1, 0.15) is 25.7 Å². The van der Waals surface area contributed by atoms with E-state index in [0.717, 1.165) is 18.7 Å². The third-order valence-electron chi connectivity index (χ3n) is 3.60. The Kier molecular flexibility index (Phi) is 5.36. The van der Waals surface area contributed by atoms with Gasteiger partial charge < -0.3 is 10.4 Å². The third kappa shape index (κ3) is 4.33. The molecule has 4 nitrogen and oxygen atoms in total. The molecule has 0 unspecified atom stereocenters. The topological polar surface area (TPSA) is 52.6 Å². The Morgan fingerprint density at radius 3 is 2.63 bits per heavy atom. The smallest absolute Gasteiger partial charge is 0.238 e. The zero-order chi connectivity index (χ0) is 13.5. The number of nitrogens with one attached hydrogen (secondary N) is 1. The maximum Gasteiger partial charge on any atom is 0.238 e. The number of anilines is 1. The van der Waals surface area contributed by atoms with Crippen molar-refractivity contribution in [2.24, 2.45) is 0 Å². The number of aliphatic hydroxyl groups is 1. The monoisotopic (exact) mass is 262 g/mol. The Morgan fingerprint density at radius 1 is 1.32 bits per heavy atom. The lowest BCUT2D eigenvalue weighted by molar-refractivity contribution is -0.118. The molecule has 1 fully saturated rings. The van der Waals surface area contributed by atoms with E-state index in [1.54, 1.807) is 0 Å².